The Kier molecular flexibility index (Phi) is 5.58. The average Bonchev–Trinajstić information content (AvgIpc) is 2.95. The van der Waals surface area contributed by atoms with Crippen molar-refractivity contribution in [3.8, 4) is 0 Å². The van der Waals surface area contributed by atoms with Gasteiger partial charge in [0.05, 0.1) is 3.23 Å². The van der Waals surface area contributed by atoms with Crippen LogP contribution in [0.5, 0.6) is 0 Å². The molecule has 0 heterocycles. The van der Waals surface area contributed by atoms with E-state index in [1.807, 2.05) is 0 Å². The van der Waals surface area contributed by atoms with E-state index in [0.29, 0.717) is 5.41 Å². The minimum Gasteiger partial charge on any atom is -0.0847 e. The zero-order valence-corrected chi connectivity index (χ0v) is 16.5. The van der Waals surface area contributed by atoms with Gasteiger partial charge < -0.3 is 0 Å². The van der Waals surface area contributed by atoms with Crippen molar-refractivity contribution in [3.63, 3.8) is 0 Å². The third-order valence-corrected chi connectivity index (χ3v) is 8.96. The second-order valence-electron chi connectivity index (χ2n) is 7.64. The van der Waals surface area contributed by atoms with Crippen LogP contribution in [-0.2, 0) is 0 Å². The molecule has 0 unspecified atom stereocenters. The van der Waals surface area contributed by atoms with Crippen LogP contribution in [0.1, 0.15) is 89.9 Å². The number of hydrogen-bond acceptors (Lipinski definition) is 0. The van der Waals surface area contributed by atoms with E-state index >= 15 is 0 Å². The van der Waals surface area contributed by atoms with Gasteiger partial charge in [-0.3, -0.25) is 0 Å². The van der Waals surface area contributed by atoms with Gasteiger partial charge >= 0.3 is 0 Å². The second kappa shape index (κ2) is 7.07. The first-order valence-corrected chi connectivity index (χ1v) is 10.8. The zero-order valence-electron chi connectivity index (χ0n) is 13.3. The molecule has 0 nitrogen and oxygen atoms in total. The molecule has 2 atom stereocenters. The van der Waals surface area contributed by atoms with Gasteiger partial charge in [0.2, 0.25) is 0 Å². The summed E-state index contributed by atoms with van der Waals surface area (Å²) in [7, 11) is 0. The number of fused-ring (bicyclic) bond motifs is 12. The predicted octanol–water partition coefficient (Wildman–Crippen LogP) is 7.50. The summed E-state index contributed by atoms with van der Waals surface area (Å²) < 4.78 is 0.249. The molecule has 0 aliphatic heterocycles. The van der Waals surface area contributed by atoms with E-state index in [9.17, 15) is 0 Å². The number of halogens is 2. The molecule has 0 radical (unpaired) electrons. The van der Waals surface area contributed by atoms with Crippen LogP contribution < -0.4 is 0 Å². The van der Waals surface area contributed by atoms with Gasteiger partial charge in [-0.1, -0.05) is 101 Å². The highest BCUT2D eigenvalue weighted by Crippen LogP contribution is 2.78. The SMILES string of the molecule is BrC1(Br)[C@@H]2CC3=CC[C@]21CCCCCCCCCCCC3. The molecule has 0 amide bonds. The van der Waals surface area contributed by atoms with E-state index in [2.05, 4.69) is 37.9 Å². The van der Waals surface area contributed by atoms with Crippen molar-refractivity contribution in [2.24, 2.45) is 11.3 Å². The minimum absolute atomic E-state index is 0.249. The van der Waals surface area contributed by atoms with Crippen molar-refractivity contribution >= 4 is 31.9 Å². The van der Waals surface area contributed by atoms with Crippen LogP contribution in [0.25, 0.3) is 0 Å². The van der Waals surface area contributed by atoms with Gasteiger partial charge in [0.25, 0.3) is 0 Å². The molecule has 0 aromatic rings. The summed E-state index contributed by atoms with van der Waals surface area (Å²) in [6.45, 7) is 0. The maximum absolute atomic E-state index is 4.02. The van der Waals surface area contributed by atoms with Crippen molar-refractivity contribution in [1.29, 1.82) is 0 Å². The van der Waals surface area contributed by atoms with Crippen LogP contribution in [0.4, 0.5) is 0 Å². The first kappa shape index (κ1) is 16.6. The molecule has 0 saturated heterocycles. The first-order valence-electron chi connectivity index (χ1n) is 9.22. The molecular weight excluding hydrogens is 388 g/mol. The lowest BCUT2D eigenvalue weighted by Crippen LogP contribution is -2.11. The van der Waals surface area contributed by atoms with Crippen molar-refractivity contribution in [1.82, 2.24) is 0 Å². The smallest absolute Gasteiger partial charge is 0.0847 e. The number of hydrogen-bond donors (Lipinski definition) is 0. The molecular formula is C19H30Br2. The lowest BCUT2D eigenvalue weighted by Gasteiger charge is -2.22. The molecule has 4 aliphatic rings. The Balaban J connectivity index is 1.61. The highest BCUT2D eigenvalue weighted by Gasteiger charge is 2.73. The molecule has 2 fully saturated rings. The minimum atomic E-state index is 0.249. The molecule has 4 aliphatic carbocycles. The summed E-state index contributed by atoms with van der Waals surface area (Å²) in [6.07, 6.45) is 22.6. The van der Waals surface area contributed by atoms with Gasteiger partial charge in [0.1, 0.15) is 0 Å². The lowest BCUT2D eigenvalue weighted by atomic mass is 9.83. The largest absolute Gasteiger partial charge is 0.0905 e. The van der Waals surface area contributed by atoms with Crippen LogP contribution in [0, 0.1) is 11.3 Å². The Morgan fingerprint density at radius 2 is 1.38 bits per heavy atom. The first-order chi connectivity index (χ1) is 10.2. The molecule has 1 spiro atoms. The van der Waals surface area contributed by atoms with Crippen LogP contribution in [0.3, 0.4) is 0 Å². The van der Waals surface area contributed by atoms with Crippen molar-refractivity contribution in [3.05, 3.63) is 11.6 Å². The fourth-order valence-electron chi connectivity index (χ4n) is 4.72. The Bertz CT molecular complexity index is 385. The summed E-state index contributed by atoms with van der Waals surface area (Å²) >= 11 is 8.04. The van der Waals surface area contributed by atoms with E-state index in [1.54, 1.807) is 5.57 Å². The molecule has 21 heavy (non-hydrogen) atoms. The van der Waals surface area contributed by atoms with E-state index in [0.717, 1.165) is 5.92 Å². The second-order valence-corrected chi connectivity index (χ2v) is 11.2. The van der Waals surface area contributed by atoms with Crippen LogP contribution in [0.15, 0.2) is 11.6 Å². The normalized spacial score (nSPS) is 37.6. The van der Waals surface area contributed by atoms with Gasteiger partial charge in [-0.2, -0.15) is 0 Å². The molecule has 0 aromatic heterocycles. The summed E-state index contributed by atoms with van der Waals surface area (Å²) in [5, 5.41) is 0. The Morgan fingerprint density at radius 1 is 0.810 bits per heavy atom. The summed E-state index contributed by atoms with van der Waals surface area (Å²) in [6, 6.07) is 0. The van der Waals surface area contributed by atoms with E-state index in [-0.39, 0.29) is 3.23 Å². The average molecular weight is 418 g/mol. The maximum atomic E-state index is 4.02. The molecule has 120 valence electrons. The van der Waals surface area contributed by atoms with Crippen molar-refractivity contribution in [2.45, 2.75) is 93.1 Å². The quantitative estimate of drug-likeness (QED) is 0.282. The van der Waals surface area contributed by atoms with Gasteiger partial charge in [0, 0.05) is 5.41 Å². The third kappa shape index (κ3) is 3.47. The lowest BCUT2D eigenvalue weighted by molar-refractivity contribution is 0.377. The molecule has 0 N–H and O–H groups in total. The van der Waals surface area contributed by atoms with Crippen LogP contribution >= 0.6 is 31.9 Å². The summed E-state index contributed by atoms with van der Waals surface area (Å²) in [4.78, 5) is 0. The number of rotatable bonds is 0. The number of alkyl halides is 2. The van der Waals surface area contributed by atoms with Crippen LogP contribution in [-0.4, -0.2) is 3.23 Å². The van der Waals surface area contributed by atoms with E-state index in [1.165, 1.54) is 89.9 Å². The summed E-state index contributed by atoms with van der Waals surface area (Å²) in [5.74, 6) is 0.845. The fourth-order valence-corrected chi connectivity index (χ4v) is 6.96. The van der Waals surface area contributed by atoms with Crippen molar-refractivity contribution in [2.75, 3.05) is 0 Å². The van der Waals surface area contributed by atoms with Gasteiger partial charge in [0.15, 0.2) is 0 Å². The Hall–Kier alpha value is 0.700. The molecule has 4 rings (SSSR count). The Labute approximate surface area is 147 Å². The number of allylic oxidation sites excluding steroid dienone is 2. The fraction of sp³-hybridized carbons (Fsp3) is 0.895. The maximum Gasteiger partial charge on any atom is 0.0905 e. The molecule has 2 saturated carbocycles. The summed E-state index contributed by atoms with van der Waals surface area (Å²) in [5.41, 5.74) is 2.29. The third-order valence-electron chi connectivity index (χ3n) is 6.28. The standard InChI is InChI=1S/C19H30Br2/c20-19(21)17-15-16-11-9-7-5-3-1-2-4-6-8-10-13-18(17,19)14-12-16/h12,17H,1-11,13-15H2/t17-,18-/m1/s1. The van der Waals surface area contributed by atoms with E-state index < -0.39 is 0 Å². The predicted molar refractivity (Wildman–Crippen MR) is 99.2 cm³/mol. The van der Waals surface area contributed by atoms with Crippen LogP contribution in [0.2, 0.25) is 0 Å². The van der Waals surface area contributed by atoms with Gasteiger partial charge in [-0.25, -0.2) is 0 Å². The molecule has 2 bridgehead atoms. The van der Waals surface area contributed by atoms with Crippen molar-refractivity contribution < 1.29 is 0 Å². The zero-order chi connectivity index (χ0) is 14.8. The molecule has 0 aromatic carbocycles. The monoisotopic (exact) mass is 416 g/mol. The topological polar surface area (TPSA) is 0 Å². The van der Waals surface area contributed by atoms with Gasteiger partial charge in [-0.15, -0.1) is 0 Å². The molecule has 2 heteroatoms. The van der Waals surface area contributed by atoms with Gasteiger partial charge in [-0.05, 0) is 38.0 Å². The van der Waals surface area contributed by atoms with E-state index in [4.69, 9.17) is 0 Å². The Morgan fingerprint density at radius 3 is 2.00 bits per heavy atom. The highest BCUT2D eigenvalue weighted by atomic mass is 79.9. The highest BCUT2D eigenvalue weighted by molar-refractivity contribution is 9.25.